The second-order valence-corrected chi connectivity index (χ2v) is 3.42. The fourth-order valence-electron chi connectivity index (χ4n) is 1.45. The summed E-state index contributed by atoms with van der Waals surface area (Å²) in [6, 6.07) is 3.37. The molecule has 2 heterocycles. The molecule has 1 aliphatic rings. The van der Waals surface area contributed by atoms with Crippen LogP contribution in [-0.4, -0.2) is 17.6 Å². The average molecular weight is 219 g/mol. The van der Waals surface area contributed by atoms with Crippen molar-refractivity contribution in [2.24, 2.45) is 5.92 Å². The van der Waals surface area contributed by atoms with E-state index < -0.39 is 17.7 Å². The largest absolute Gasteiger partial charge is 0.465 e. The number of amides is 2. The van der Waals surface area contributed by atoms with E-state index in [0.717, 1.165) is 0 Å². The fraction of sp³-hybridized carbons (Fsp3) is 0.182. The highest BCUT2D eigenvalue weighted by Crippen LogP contribution is 2.13. The Kier molecular flexibility index (Phi) is 2.68. The third-order valence-corrected chi connectivity index (χ3v) is 2.27. The lowest BCUT2D eigenvalue weighted by molar-refractivity contribution is -0.129. The van der Waals surface area contributed by atoms with Crippen molar-refractivity contribution in [3.05, 3.63) is 30.2 Å². The average Bonchev–Trinajstić information content (AvgIpc) is 2.84. The van der Waals surface area contributed by atoms with Gasteiger partial charge in [-0.05, 0) is 24.3 Å². The zero-order chi connectivity index (χ0) is 11.5. The molecule has 1 aromatic rings. The fourth-order valence-corrected chi connectivity index (χ4v) is 1.45. The molecule has 2 rings (SSSR count). The Hall–Kier alpha value is -2.17. The number of furan rings is 1. The SMILES string of the molecule is O=C1C[C@H](C(=O)/C=C/c2ccco2)C(=O)N1. The molecule has 1 aromatic heterocycles. The van der Waals surface area contributed by atoms with Crippen molar-refractivity contribution in [1.82, 2.24) is 5.32 Å². The van der Waals surface area contributed by atoms with Crippen molar-refractivity contribution >= 4 is 23.7 Å². The summed E-state index contributed by atoms with van der Waals surface area (Å²) in [5.41, 5.74) is 0. The summed E-state index contributed by atoms with van der Waals surface area (Å²) >= 11 is 0. The molecule has 0 radical (unpaired) electrons. The van der Waals surface area contributed by atoms with Gasteiger partial charge in [0.2, 0.25) is 11.8 Å². The first-order chi connectivity index (χ1) is 7.66. The minimum Gasteiger partial charge on any atom is -0.465 e. The molecule has 2 amide bonds. The number of hydrogen-bond acceptors (Lipinski definition) is 4. The maximum Gasteiger partial charge on any atom is 0.238 e. The molecule has 1 N–H and O–H groups in total. The quantitative estimate of drug-likeness (QED) is 0.457. The number of carbonyl (C=O) groups is 3. The molecular formula is C11H9NO4. The van der Waals surface area contributed by atoms with Crippen LogP contribution in [-0.2, 0) is 14.4 Å². The smallest absolute Gasteiger partial charge is 0.238 e. The molecule has 0 bridgehead atoms. The van der Waals surface area contributed by atoms with Gasteiger partial charge in [0.25, 0.3) is 0 Å². The molecule has 0 aliphatic carbocycles. The molecule has 5 heteroatoms. The molecule has 0 unspecified atom stereocenters. The molecule has 1 atom stereocenters. The molecule has 0 saturated carbocycles. The number of allylic oxidation sites excluding steroid dienone is 1. The van der Waals surface area contributed by atoms with Crippen LogP contribution in [0.5, 0.6) is 0 Å². The van der Waals surface area contributed by atoms with Crippen molar-refractivity contribution in [2.75, 3.05) is 0 Å². The Labute approximate surface area is 91.1 Å². The highest BCUT2D eigenvalue weighted by molar-refractivity contribution is 6.17. The summed E-state index contributed by atoms with van der Waals surface area (Å²) < 4.78 is 4.99. The van der Waals surface area contributed by atoms with Crippen LogP contribution in [0.3, 0.4) is 0 Å². The predicted octanol–water partition coefficient (Wildman–Crippen LogP) is 0.525. The topological polar surface area (TPSA) is 76.4 Å². The molecule has 0 spiro atoms. The van der Waals surface area contributed by atoms with E-state index in [0.29, 0.717) is 5.76 Å². The van der Waals surface area contributed by atoms with E-state index in [1.807, 2.05) is 0 Å². The first-order valence-corrected chi connectivity index (χ1v) is 4.76. The Morgan fingerprint density at radius 1 is 1.50 bits per heavy atom. The molecule has 1 aliphatic heterocycles. The van der Waals surface area contributed by atoms with Crippen LogP contribution >= 0.6 is 0 Å². The van der Waals surface area contributed by atoms with E-state index in [1.54, 1.807) is 12.1 Å². The van der Waals surface area contributed by atoms with Crippen molar-refractivity contribution < 1.29 is 18.8 Å². The van der Waals surface area contributed by atoms with E-state index in [9.17, 15) is 14.4 Å². The van der Waals surface area contributed by atoms with Crippen LogP contribution in [0.4, 0.5) is 0 Å². The number of rotatable bonds is 3. The Morgan fingerprint density at radius 3 is 2.88 bits per heavy atom. The number of carbonyl (C=O) groups excluding carboxylic acids is 3. The van der Waals surface area contributed by atoms with Crippen LogP contribution < -0.4 is 5.32 Å². The second-order valence-electron chi connectivity index (χ2n) is 3.42. The molecule has 16 heavy (non-hydrogen) atoms. The molecular weight excluding hydrogens is 210 g/mol. The van der Waals surface area contributed by atoms with Gasteiger partial charge >= 0.3 is 0 Å². The van der Waals surface area contributed by atoms with Crippen molar-refractivity contribution in [2.45, 2.75) is 6.42 Å². The van der Waals surface area contributed by atoms with Gasteiger partial charge in [0.05, 0.1) is 6.26 Å². The standard InChI is InChI=1S/C11H9NO4/c13-9(4-3-7-2-1-5-16-7)8-6-10(14)12-11(8)15/h1-5,8H,6H2,(H,12,14,15)/b4-3+/t8-/m1/s1. The summed E-state index contributed by atoms with van der Waals surface area (Å²) in [6.07, 6.45) is 4.14. The molecule has 0 aromatic carbocycles. The van der Waals surface area contributed by atoms with E-state index >= 15 is 0 Å². The molecule has 5 nitrogen and oxygen atoms in total. The van der Waals surface area contributed by atoms with Crippen LogP contribution in [0.2, 0.25) is 0 Å². The minimum atomic E-state index is -0.890. The van der Waals surface area contributed by atoms with Gasteiger partial charge in [0.15, 0.2) is 5.78 Å². The van der Waals surface area contributed by atoms with Gasteiger partial charge in [-0.15, -0.1) is 0 Å². The Bertz CT molecular complexity index is 458. The number of imide groups is 1. The normalized spacial score (nSPS) is 20.4. The van der Waals surface area contributed by atoms with Gasteiger partial charge in [-0.3, -0.25) is 19.7 Å². The van der Waals surface area contributed by atoms with E-state index in [-0.39, 0.29) is 12.2 Å². The monoisotopic (exact) mass is 219 g/mol. The van der Waals surface area contributed by atoms with Crippen LogP contribution in [0, 0.1) is 5.92 Å². The summed E-state index contributed by atoms with van der Waals surface area (Å²) in [6.45, 7) is 0. The predicted molar refractivity (Wildman–Crippen MR) is 54.0 cm³/mol. The lowest BCUT2D eigenvalue weighted by atomic mass is 10.0. The molecule has 82 valence electrons. The second kappa shape index (κ2) is 4.14. The zero-order valence-electron chi connectivity index (χ0n) is 8.30. The van der Waals surface area contributed by atoms with Crippen LogP contribution in [0.1, 0.15) is 12.2 Å². The van der Waals surface area contributed by atoms with E-state index in [1.165, 1.54) is 18.4 Å². The first-order valence-electron chi connectivity index (χ1n) is 4.76. The van der Waals surface area contributed by atoms with Crippen molar-refractivity contribution in [3.63, 3.8) is 0 Å². The van der Waals surface area contributed by atoms with E-state index in [4.69, 9.17) is 4.42 Å². The third-order valence-electron chi connectivity index (χ3n) is 2.27. The Morgan fingerprint density at radius 2 is 2.31 bits per heavy atom. The van der Waals surface area contributed by atoms with Gasteiger partial charge < -0.3 is 4.42 Å². The number of ketones is 1. The maximum absolute atomic E-state index is 11.6. The lowest BCUT2D eigenvalue weighted by Crippen LogP contribution is -2.25. The minimum absolute atomic E-state index is 0.0693. The van der Waals surface area contributed by atoms with Gasteiger partial charge in [0, 0.05) is 6.42 Å². The highest BCUT2D eigenvalue weighted by atomic mass is 16.3. The molecule has 1 fully saturated rings. The summed E-state index contributed by atoms with van der Waals surface area (Å²) in [5, 5.41) is 2.08. The number of hydrogen-bond donors (Lipinski definition) is 1. The van der Waals surface area contributed by atoms with E-state index in [2.05, 4.69) is 5.32 Å². The third kappa shape index (κ3) is 2.08. The highest BCUT2D eigenvalue weighted by Gasteiger charge is 2.34. The van der Waals surface area contributed by atoms with Gasteiger partial charge in [-0.25, -0.2) is 0 Å². The maximum atomic E-state index is 11.6. The van der Waals surface area contributed by atoms with Gasteiger partial charge in [-0.1, -0.05) is 0 Å². The Balaban J connectivity index is 2.04. The summed E-state index contributed by atoms with van der Waals surface area (Å²) in [7, 11) is 0. The summed E-state index contributed by atoms with van der Waals surface area (Å²) in [5.74, 6) is -1.69. The van der Waals surface area contributed by atoms with Gasteiger partial charge in [0.1, 0.15) is 11.7 Å². The van der Waals surface area contributed by atoms with Crippen molar-refractivity contribution in [3.8, 4) is 0 Å². The van der Waals surface area contributed by atoms with Gasteiger partial charge in [-0.2, -0.15) is 0 Å². The zero-order valence-corrected chi connectivity index (χ0v) is 8.30. The van der Waals surface area contributed by atoms with Crippen LogP contribution in [0.15, 0.2) is 28.9 Å². The summed E-state index contributed by atoms with van der Waals surface area (Å²) in [4.78, 5) is 33.6. The van der Waals surface area contributed by atoms with Crippen LogP contribution in [0.25, 0.3) is 6.08 Å². The lowest BCUT2D eigenvalue weighted by Gasteiger charge is -1.98. The number of nitrogens with one attached hydrogen (secondary N) is 1. The molecule has 1 saturated heterocycles. The first kappa shape index (κ1) is 10.4. The van der Waals surface area contributed by atoms with Crippen molar-refractivity contribution in [1.29, 1.82) is 0 Å².